The van der Waals surface area contributed by atoms with Crippen LogP contribution in [-0.2, 0) is 6.54 Å². The Morgan fingerprint density at radius 3 is 2.92 bits per heavy atom. The third kappa shape index (κ3) is 3.67. The second-order valence-corrected chi connectivity index (χ2v) is 6.63. The lowest BCUT2D eigenvalue weighted by Gasteiger charge is -2.30. The van der Waals surface area contributed by atoms with Gasteiger partial charge in [-0.15, -0.1) is 0 Å². The van der Waals surface area contributed by atoms with Gasteiger partial charge in [0.05, 0.1) is 6.54 Å². The van der Waals surface area contributed by atoms with E-state index in [2.05, 4.69) is 22.0 Å². The maximum Gasteiger partial charge on any atom is 0.241 e. The molecule has 4 rings (SSSR count). The number of hydrogen-bond donors (Lipinski definition) is 0. The lowest BCUT2D eigenvalue weighted by atomic mass is 10.2. The van der Waals surface area contributed by atoms with Crippen molar-refractivity contribution in [3.63, 3.8) is 0 Å². The van der Waals surface area contributed by atoms with Gasteiger partial charge in [-0.25, -0.2) is 0 Å². The van der Waals surface area contributed by atoms with E-state index in [1.165, 1.54) is 0 Å². The van der Waals surface area contributed by atoms with Crippen LogP contribution in [0.5, 0.6) is 11.5 Å². The molecule has 0 amide bonds. The van der Waals surface area contributed by atoms with E-state index in [0.29, 0.717) is 24.9 Å². The van der Waals surface area contributed by atoms with Crippen LogP contribution in [0.25, 0.3) is 11.4 Å². The zero-order chi connectivity index (χ0) is 17.1. The summed E-state index contributed by atoms with van der Waals surface area (Å²) in [5.41, 5.74) is 0.990. The average Bonchev–Trinajstić information content (AvgIpc) is 3.32. The fraction of sp³-hybridized carbons (Fsp3) is 0.333. The SMILES string of the molecule is CCN(Cc1nc(-c2ccsc2)no1)CC1COc2ccccc2O1. The Morgan fingerprint density at radius 1 is 1.24 bits per heavy atom. The van der Waals surface area contributed by atoms with Crippen molar-refractivity contribution in [2.45, 2.75) is 19.6 Å². The van der Waals surface area contributed by atoms with Crippen LogP contribution < -0.4 is 9.47 Å². The van der Waals surface area contributed by atoms with Gasteiger partial charge >= 0.3 is 0 Å². The van der Waals surface area contributed by atoms with E-state index in [-0.39, 0.29) is 6.10 Å². The zero-order valence-corrected chi connectivity index (χ0v) is 14.7. The molecule has 7 heteroatoms. The van der Waals surface area contributed by atoms with Crippen LogP contribution in [0.15, 0.2) is 45.6 Å². The monoisotopic (exact) mass is 357 g/mol. The number of nitrogens with zero attached hydrogens (tertiary/aromatic N) is 3. The third-order valence-electron chi connectivity index (χ3n) is 4.08. The van der Waals surface area contributed by atoms with Crippen molar-refractivity contribution in [1.82, 2.24) is 15.0 Å². The second kappa shape index (κ2) is 7.25. The summed E-state index contributed by atoms with van der Waals surface area (Å²) in [5.74, 6) is 2.85. The van der Waals surface area contributed by atoms with Gasteiger partial charge in [-0.05, 0) is 30.1 Å². The van der Waals surface area contributed by atoms with Crippen molar-refractivity contribution in [3.05, 3.63) is 47.0 Å². The molecule has 0 N–H and O–H groups in total. The van der Waals surface area contributed by atoms with Crippen molar-refractivity contribution in [3.8, 4) is 22.9 Å². The average molecular weight is 357 g/mol. The number of para-hydroxylation sites is 2. The van der Waals surface area contributed by atoms with Crippen LogP contribution in [0.1, 0.15) is 12.8 Å². The first kappa shape index (κ1) is 16.1. The molecule has 2 aromatic heterocycles. The highest BCUT2D eigenvalue weighted by molar-refractivity contribution is 7.08. The van der Waals surface area contributed by atoms with E-state index in [1.807, 2.05) is 41.1 Å². The Bertz CT molecular complexity index is 819. The number of rotatable bonds is 6. The summed E-state index contributed by atoms with van der Waals surface area (Å²) in [7, 11) is 0. The number of thiophene rings is 1. The smallest absolute Gasteiger partial charge is 0.241 e. The van der Waals surface area contributed by atoms with Crippen LogP contribution in [0.4, 0.5) is 0 Å². The molecule has 130 valence electrons. The van der Waals surface area contributed by atoms with Crippen molar-refractivity contribution in [2.24, 2.45) is 0 Å². The minimum atomic E-state index is -0.0193. The van der Waals surface area contributed by atoms with E-state index < -0.39 is 0 Å². The van der Waals surface area contributed by atoms with E-state index in [9.17, 15) is 0 Å². The van der Waals surface area contributed by atoms with Gasteiger partial charge < -0.3 is 14.0 Å². The summed E-state index contributed by atoms with van der Waals surface area (Å²) in [6.45, 7) is 4.83. The van der Waals surface area contributed by atoms with Crippen molar-refractivity contribution >= 4 is 11.3 Å². The van der Waals surface area contributed by atoms with Gasteiger partial charge in [0.2, 0.25) is 11.7 Å². The number of benzene rings is 1. The molecule has 0 radical (unpaired) electrons. The highest BCUT2D eigenvalue weighted by Gasteiger charge is 2.23. The molecule has 1 aliphatic heterocycles. The molecule has 1 unspecified atom stereocenters. The molecule has 3 aromatic rings. The van der Waals surface area contributed by atoms with Gasteiger partial charge in [-0.3, -0.25) is 4.90 Å². The molecule has 1 atom stereocenters. The summed E-state index contributed by atoms with van der Waals surface area (Å²) < 4.78 is 17.2. The Labute approximate surface area is 150 Å². The Morgan fingerprint density at radius 2 is 2.12 bits per heavy atom. The fourth-order valence-electron chi connectivity index (χ4n) is 2.77. The van der Waals surface area contributed by atoms with Crippen LogP contribution in [-0.4, -0.2) is 40.8 Å². The third-order valence-corrected chi connectivity index (χ3v) is 4.77. The predicted octanol–water partition coefficient (Wildman–Crippen LogP) is 3.46. The first-order valence-electron chi connectivity index (χ1n) is 8.28. The van der Waals surface area contributed by atoms with Crippen LogP contribution in [0.2, 0.25) is 0 Å². The second-order valence-electron chi connectivity index (χ2n) is 5.85. The molecular formula is C18H19N3O3S. The largest absolute Gasteiger partial charge is 0.486 e. The number of aromatic nitrogens is 2. The Hall–Kier alpha value is -2.38. The zero-order valence-electron chi connectivity index (χ0n) is 13.9. The van der Waals surface area contributed by atoms with E-state index in [0.717, 1.165) is 30.2 Å². The minimum absolute atomic E-state index is 0.0193. The van der Waals surface area contributed by atoms with Gasteiger partial charge in [-0.1, -0.05) is 24.2 Å². The van der Waals surface area contributed by atoms with Crippen LogP contribution in [0, 0.1) is 0 Å². The molecule has 0 fully saturated rings. The highest BCUT2D eigenvalue weighted by Crippen LogP contribution is 2.31. The molecule has 1 aromatic carbocycles. The van der Waals surface area contributed by atoms with Crippen LogP contribution >= 0.6 is 11.3 Å². The molecule has 0 aliphatic carbocycles. The molecule has 0 saturated carbocycles. The van der Waals surface area contributed by atoms with Crippen LogP contribution in [0.3, 0.4) is 0 Å². The molecule has 6 nitrogen and oxygen atoms in total. The quantitative estimate of drug-likeness (QED) is 0.673. The number of fused-ring (bicyclic) bond motifs is 1. The van der Waals surface area contributed by atoms with E-state index >= 15 is 0 Å². The number of ether oxygens (including phenoxy) is 2. The lowest BCUT2D eigenvalue weighted by Crippen LogP contribution is -2.40. The Kier molecular flexibility index (Phi) is 4.67. The Balaban J connectivity index is 1.38. The molecule has 1 aliphatic rings. The van der Waals surface area contributed by atoms with Gasteiger partial charge in [0, 0.05) is 17.5 Å². The maximum atomic E-state index is 6.03. The predicted molar refractivity (Wildman–Crippen MR) is 94.9 cm³/mol. The van der Waals surface area contributed by atoms with Crippen molar-refractivity contribution in [1.29, 1.82) is 0 Å². The van der Waals surface area contributed by atoms with E-state index in [1.54, 1.807) is 11.3 Å². The molecule has 0 saturated heterocycles. The summed E-state index contributed by atoms with van der Waals surface area (Å²) in [4.78, 5) is 6.70. The summed E-state index contributed by atoms with van der Waals surface area (Å²) in [5, 5.41) is 8.07. The lowest BCUT2D eigenvalue weighted by molar-refractivity contribution is 0.0551. The summed E-state index contributed by atoms with van der Waals surface area (Å²) >= 11 is 1.62. The van der Waals surface area contributed by atoms with Crippen molar-refractivity contribution in [2.75, 3.05) is 19.7 Å². The first-order chi connectivity index (χ1) is 12.3. The van der Waals surface area contributed by atoms with Crippen molar-refractivity contribution < 1.29 is 14.0 Å². The molecule has 25 heavy (non-hydrogen) atoms. The number of likely N-dealkylation sites (N-methyl/N-ethyl adjacent to an activating group) is 1. The molecule has 0 spiro atoms. The van der Waals surface area contributed by atoms with Gasteiger partial charge in [0.25, 0.3) is 0 Å². The maximum absolute atomic E-state index is 6.03. The first-order valence-corrected chi connectivity index (χ1v) is 9.22. The topological polar surface area (TPSA) is 60.6 Å². The van der Waals surface area contributed by atoms with Gasteiger partial charge in [0.15, 0.2) is 11.5 Å². The summed E-state index contributed by atoms with van der Waals surface area (Å²) in [6, 6.07) is 9.74. The standard InChI is InChI=1S/C18H19N3O3S/c1-2-21(9-14-11-22-15-5-3-4-6-16(15)23-14)10-17-19-18(20-24-17)13-7-8-25-12-13/h3-8,12,14H,2,9-11H2,1H3. The molecule has 0 bridgehead atoms. The van der Waals surface area contributed by atoms with Gasteiger partial charge in [-0.2, -0.15) is 16.3 Å². The summed E-state index contributed by atoms with van der Waals surface area (Å²) in [6.07, 6.45) is -0.0193. The minimum Gasteiger partial charge on any atom is -0.486 e. The number of hydrogen-bond acceptors (Lipinski definition) is 7. The molecule has 3 heterocycles. The highest BCUT2D eigenvalue weighted by atomic mass is 32.1. The van der Waals surface area contributed by atoms with E-state index in [4.69, 9.17) is 14.0 Å². The molecular weight excluding hydrogens is 338 g/mol. The normalized spacial score (nSPS) is 16.3. The van der Waals surface area contributed by atoms with Gasteiger partial charge in [0.1, 0.15) is 12.7 Å². The fourth-order valence-corrected chi connectivity index (χ4v) is 3.40.